The van der Waals surface area contributed by atoms with E-state index in [0.717, 1.165) is 31.1 Å². The van der Waals surface area contributed by atoms with Crippen LogP contribution in [0.25, 0.3) is 0 Å². The molecule has 2 aliphatic rings. The van der Waals surface area contributed by atoms with E-state index in [-0.39, 0.29) is 5.91 Å². The zero-order chi connectivity index (χ0) is 14.0. The van der Waals surface area contributed by atoms with Gasteiger partial charge in [-0.3, -0.25) is 10.1 Å². The highest BCUT2D eigenvalue weighted by Gasteiger charge is 2.40. The second-order valence-electron chi connectivity index (χ2n) is 5.50. The van der Waals surface area contributed by atoms with Crippen molar-refractivity contribution < 1.29 is 9.53 Å². The Labute approximate surface area is 123 Å². The predicted octanol–water partition coefficient (Wildman–Crippen LogP) is 1.73. The van der Waals surface area contributed by atoms with Crippen molar-refractivity contribution in [2.45, 2.75) is 44.1 Å². The number of thiazole rings is 1. The molecule has 3 rings (SSSR count). The number of hydrogen-bond donors (Lipinski definition) is 2. The Morgan fingerprint density at radius 2 is 2.10 bits per heavy atom. The summed E-state index contributed by atoms with van der Waals surface area (Å²) >= 11 is 1.62. The van der Waals surface area contributed by atoms with Gasteiger partial charge in [0.2, 0.25) is 0 Å². The van der Waals surface area contributed by atoms with Crippen LogP contribution >= 0.6 is 11.3 Å². The quantitative estimate of drug-likeness (QED) is 0.891. The smallest absolute Gasteiger partial charge is 0.258 e. The summed E-state index contributed by atoms with van der Waals surface area (Å²) in [5.74, 6) is -0.0485. The van der Waals surface area contributed by atoms with Crippen LogP contribution < -0.4 is 10.6 Å². The maximum absolute atomic E-state index is 12.5. The number of nitrogens with zero attached hydrogens (tertiary/aromatic N) is 1. The van der Waals surface area contributed by atoms with E-state index in [1.807, 2.05) is 0 Å². The summed E-state index contributed by atoms with van der Waals surface area (Å²) < 4.78 is 5.54. The average molecular weight is 295 g/mol. The van der Waals surface area contributed by atoms with Crippen molar-refractivity contribution >= 4 is 22.4 Å². The van der Waals surface area contributed by atoms with Crippen molar-refractivity contribution in [1.29, 1.82) is 0 Å². The molecule has 1 aromatic heterocycles. The van der Waals surface area contributed by atoms with Crippen molar-refractivity contribution in [3.05, 3.63) is 10.6 Å². The first-order valence-electron chi connectivity index (χ1n) is 7.29. The van der Waals surface area contributed by atoms with E-state index in [9.17, 15) is 4.79 Å². The molecule has 0 radical (unpaired) electrons. The fourth-order valence-corrected chi connectivity index (χ4v) is 4.02. The van der Waals surface area contributed by atoms with Crippen molar-refractivity contribution in [3.8, 4) is 0 Å². The molecule has 110 valence electrons. The fourth-order valence-electron chi connectivity index (χ4n) is 2.97. The molecule has 5 nitrogen and oxygen atoms in total. The number of carbonyl (C=O) groups is 1. The number of methoxy groups -OCH3 is 1. The van der Waals surface area contributed by atoms with Crippen LogP contribution in [-0.4, -0.2) is 36.7 Å². The maximum atomic E-state index is 12.5. The molecule has 0 saturated carbocycles. The number of piperidine rings is 1. The highest BCUT2D eigenvalue weighted by Crippen LogP contribution is 2.31. The minimum Gasteiger partial charge on any atom is -0.368 e. The van der Waals surface area contributed by atoms with Crippen LogP contribution in [0.2, 0.25) is 0 Å². The van der Waals surface area contributed by atoms with Gasteiger partial charge >= 0.3 is 0 Å². The number of nitrogens with one attached hydrogen (secondary N) is 2. The van der Waals surface area contributed by atoms with Gasteiger partial charge in [-0.25, -0.2) is 4.98 Å². The Bertz CT molecular complexity index is 471. The van der Waals surface area contributed by atoms with Crippen LogP contribution in [0.4, 0.5) is 5.13 Å². The van der Waals surface area contributed by atoms with E-state index in [0.29, 0.717) is 12.8 Å². The fraction of sp³-hybridized carbons (Fsp3) is 0.714. The monoisotopic (exact) mass is 295 g/mol. The second-order valence-corrected chi connectivity index (χ2v) is 6.58. The highest BCUT2D eigenvalue weighted by atomic mass is 32.1. The number of rotatable bonds is 3. The van der Waals surface area contributed by atoms with E-state index in [4.69, 9.17) is 4.74 Å². The molecule has 0 atom stereocenters. The van der Waals surface area contributed by atoms with Gasteiger partial charge in [-0.05, 0) is 51.6 Å². The molecule has 6 heteroatoms. The van der Waals surface area contributed by atoms with Crippen LogP contribution in [0.15, 0.2) is 0 Å². The minimum absolute atomic E-state index is 0.0485. The molecular formula is C14H21N3O2S. The first-order chi connectivity index (χ1) is 9.73. The topological polar surface area (TPSA) is 63.2 Å². The second kappa shape index (κ2) is 5.79. The Kier molecular flexibility index (Phi) is 4.05. The SMILES string of the molecule is COC1(C(=O)Nc2nc3c(s2)CCCC3)CCNCC1. The third-order valence-corrected chi connectivity index (χ3v) is 5.35. The average Bonchev–Trinajstić information content (AvgIpc) is 2.90. The lowest BCUT2D eigenvalue weighted by Gasteiger charge is -2.34. The lowest BCUT2D eigenvalue weighted by atomic mass is 9.91. The number of hydrogen-bond acceptors (Lipinski definition) is 5. The lowest BCUT2D eigenvalue weighted by molar-refractivity contribution is -0.140. The van der Waals surface area contributed by atoms with E-state index >= 15 is 0 Å². The van der Waals surface area contributed by atoms with E-state index in [1.54, 1.807) is 18.4 Å². The Hall–Kier alpha value is -0.980. The summed E-state index contributed by atoms with van der Waals surface area (Å²) in [6.07, 6.45) is 6.00. The minimum atomic E-state index is -0.697. The Morgan fingerprint density at radius 1 is 1.35 bits per heavy atom. The molecule has 1 aliphatic heterocycles. The van der Waals surface area contributed by atoms with Crippen LogP contribution in [0.3, 0.4) is 0 Å². The van der Waals surface area contributed by atoms with Crippen LogP contribution in [0, 0.1) is 0 Å². The van der Waals surface area contributed by atoms with Gasteiger partial charge in [-0.1, -0.05) is 0 Å². The summed E-state index contributed by atoms with van der Waals surface area (Å²) in [6.45, 7) is 1.63. The van der Waals surface area contributed by atoms with Crippen molar-refractivity contribution in [1.82, 2.24) is 10.3 Å². The molecule has 0 unspecified atom stereocenters. The van der Waals surface area contributed by atoms with E-state index in [1.165, 1.54) is 23.4 Å². The molecule has 1 aromatic rings. The van der Waals surface area contributed by atoms with E-state index in [2.05, 4.69) is 15.6 Å². The number of fused-ring (bicyclic) bond motifs is 1. The van der Waals surface area contributed by atoms with Crippen LogP contribution in [0.1, 0.15) is 36.3 Å². The Morgan fingerprint density at radius 3 is 2.80 bits per heavy atom. The molecule has 0 aromatic carbocycles. The van der Waals surface area contributed by atoms with Crippen molar-refractivity contribution in [2.75, 3.05) is 25.5 Å². The third-order valence-electron chi connectivity index (χ3n) is 4.28. The van der Waals surface area contributed by atoms with Gasteiger partial charge in [0.05, 0.1) is 5.69 Å². The van der Waals surface area contributed by atoms with E-state index < -0.39 is 5.60 Å². The number of aryl methyl sites for hydroxylation is 2. The molecule has 1 fully saturated rings. The molecule has 1 aliphatic carbocycles. The molecule has 2 N–H and O–H groups in total. The summed E-state index contributed by atoms with van der Waals surface area (Å²) in [7, 11) is 1.62. The summed E-state index contributed by atoms with van der Waals surface area (Å²) in [5, 5.41) is 6.97. The van der Waals surface area contributed by atoms with Gasteiger partial charge in [0.25, 0.3) is 5.91 Å². The first-order valence-corrected chi connectivity index (χ1v) is 8.11. The molecule has 0 bridgehead atoms. The largest absolute Gasteiger partial charge is 0.368 e. The standard InChI is InChI=1S/C14H21N3O2S/c1-19-14(6-8-15-9-7-14)12(18)17-13-16-10-4-2-3-5-11(10)20-13/h15H,2-9H2,1H3,(H,16,17,18). The third kappa shape index (κ3) is 2.60. The molecule has 2 heterocycles. The number of ether oxygens (including phenoxy) is 1. The Balaban J connectivity index is 1.73. The first kappa shape index (κ1) is 14.0. The van der Waals surface area contributed by atoms with Gasteiger partial charge in [-0.15, -0.1) is 11.3 Å². The zero-order valence-electron chi connectivity index (χ0n) is 11.8. The molecule has 20 heavy (non-hydrogen) atoms. The predicted molar refractivity (Wildman–Crippen MR) is 79.2 cm³/mol. The van der Waals surface area contributed by atoms with Gasteiger partial charge in [0.15, 0.2) is 5.13 Å². The molecule has 1 amide bonds. The number of carbonyl (C=O) groups excluding carboxylic acids is 1. The van der Waals surface area contributed by atoms with Gasteiger partial charge < -0.3 is 10.1 Å². The summed E-state index contributed by atoms with van der Waals surface area (Å²) in [5.41, 5.74) is 0.477. The molecule has 1 saturated heterocycles. The lowest BCUT2D eigenvalue weighted by Crippen LogP contribution is -2.51. The summed E-state index contributed by atoms with van der Waals surface area (Å²) in [4.78, 5) is 18.4. The van der Waals surface area contributed by atoms with Gasteiger partial charge in [-0.2, -0.15) is 0 Å². The maximum Gasteiger partial charge on any atom is 0.258 e. The van der Waals surface area contributed by atoms with Crippen molar-refractivity contribution in [2.24, 2.45) is 0 Å². The molecule has 0 spiro atoms. The number of amides is 1. The van der Waals surface area contributed by atoms with Gasteiger partial charge in [0.1, 0.15) is 5.60 Å². The van der Waals surface area contributed by atoms with Gasteiger partial charge in [0, 0.05) is 12.0 Å². The van der Waals surface area contributed by atoms with Crippen molar-refractivity contribution in [3.63, 3.8) is 0 Å². The number of anilines is 1. The van der Waals surface area contributed by atoms with Crippen LogP contribution in [-0.2, 0) is 22.4 Å². The number of aromatic nitrogens is 1. The summed E-state index contributed by atoms with van der Waals surface area (Å²) in [6, 6.07) is 0. The highest BCUT2D eigenvalue weighted by molar-refractivity contribution is 7.15. The normalized spacial score (nSPS) is 21.2. The zero-order valence-corrected chi connectivity index (χ0v) is 12.6. The van der Waals surface area contributed by atoms with Crippen LogP contribution in [0.5, 0.6) is 0 Å². The molecular weight excluding hydrogens is 274 g/mol.